The number of aliphatic carboxylic acids is 1. The third-order valence-electron chi connectivity index (χ3n) is 5.33. The lowest BCUT2D eigenvalue weighted by atomic mass is 9.98. The van der Waals surface area contributed by atoms with E-state index in [1.807, 2.05) is 0 Å². The van der Waals surface area contributed by atoms with Crippen molar-refractivity contribution in [3.05, 3.63) is 63.2 Å². The number of rotatable bonds is 10. The molecule has 1 aliphatic rings. The maximum absolute atomic E-state index is 13.7. The molecule has 0 saturated carbocycles. The van der Waals surface area contributed by atoms with Gasteiger partial charge in [-0.15, -0.1) is 11.6 Å². The van der Waals surface area contributed by atoms with Gasteiger partial charge in [-0.1, -0.05) is 6.07 Å². The van der Waals surface area contributed by atoms with Gasteiger partial charge in [0.1, 0.15) is 0 Å². The van der Waals surface area contributed by atoms with Crippen molar-refractivity contribution in [1.82, 2.24) is 4.90 Å². The lowest BCUT2D eigenvalue weighted by molar-refractivity contribution is -0.385. The smallest absolute Gasteiger partial charge is 0.416 e. The van der Waals surface area contributed by atoms with Crippen LogP contribution in [0.1, 0.15) is 27.9 Å². The number of benzene rings is 2. The second-order valence-electron chi connectivity index (χ2n) is 7.88. The summed E-state index contributed by atoms with van der Waals surface area (Å²) in [4.78, 5) is 35.7. The number of hydrogen-bond acceptors (Lipinski definition) is 6. The topological polar surface area (TPSA) is 122 Å². The number of carbonyl (C=O) groups is 2. The molecule has 1 amide bonds. The van der Waals surface area contributed by atoms with E-state index in [1.165, 1.54) is 24.3 Å². The minimum atomic E-state index is -4.71. The van der Waals surface area contributed by atoms with E-state index in [-0.39, 0.29) is 48.8 Å². The van der Waals surface area contributed by atoms with Gasteiger partial charge in [-0.25, -0.2) is 0 Å². The molecule has 1 aliphatic heterocycles. The third kappa shape index (κ3) is 6.61. The van der Waals surface area contributed by atoms with E-state index < -0.39 is 40.1 Å². The molecule has 1 heterocycles. The molecule has 9 nitrogen and oxygen atoms in total. The highest BCUT2D eigenvalue weighted by Crippen LogP contribution is 2.35. The molecular formula is C22H21ClF3N3O6. The molecule has 35 heavy (non-hydrogen) atoms. The quantitative estimate of drug-likeness (QED) is 0.208. The number of carboxylic acid groups (broad SMARTS) is 1. The first kappa shape index (κ1) is 26.2. The van der Waals surface area contributed by atoms with Crippen molar-refractivity contribution < 1.29 is 37.5 Å². The number of alkyl halides is 4. The molecular weight excluding hydrogens is 495 g/mol. The molecule has 0 bridgehead atoms. The second-order valence-corrected chi connectivity index (χ2v) is 8.26. The first-order chi connectivity index (χ1) is 16.5. The Labute approximate surface area is 202 Å². The highest BCUT2D eigenvalue weighted by Gasteiger charge is 2.37. The molecule has 13 heteroatoms. The van der Waals surface area contributed by atoms with Crippen molar-refractivity contribution in [3.8, 4) is 5.75 Å². The molecule has 3 rings (SSSR count). The largest absolute Gasteiger partial charge is 0.487 e. The van der Waals surface area contributed by atoms with Crippen LogP contribution in [0, 0.1) is 16.0 Å². The summed E-state index contributed by atoms with van der Waals surface area (Å²) in [5.41, 5.74) is -1.79. The Balaban J connectivity index is 1.77. The van der Waals surface area contributed by atoms with Crippen LogP contribution in [0.2, 0.25) is 0 Å². The van der Waals surface area contributed by atoms with Crippen LogP contribution < -0.4 is 10.1 Å². The molecule has 0 spiro atoms. The highest BCUT2D eigenvalue weighted by molar-refractivity contribution is 6.17. The Morgan fingerprint density at radius 1 is 1.23 bits per heavy atom. The van der Waals surface area contributed by atoms with E-state index in [0.717, 1.165) is 12.1 Å². The van der Waals surface area contributed by atoms with Crippen LogP contribution in [0.5, 0.6) is 5.75 Å². The van der Waals surface area contributed by atoms with E-state index in [2.05, 4.69) is 5.32 Å². The molecule has 0 atom stereocenters. The van der Waals surface area contributed by atoms with Crippen molar-refractivity contribution in [1.29, 1.82) is 0 Å². The number of nitrogens with one attached hydrogen (secondary N) is 1. The summed E-state index contributed by atoms with van der Waals surface area (Å²) in [6.07, 6.45) is -4.26. The normalized spacial score (nSPS) is 14.3. The number of carboxylic acids is 1. The first-order valence-corrected chi connectivity index (χ1v) is 11.0. The molecule has 0 aliphatic carbocycles. The van der Waals surface area contributed by atoms with E-state index >= 15 is 0 Å². The minimum absolute atomic E-state index is 0.0588. The van der Waals surface area contributed by atoms with Crippen LogP contribution in [0.3, 0.4) is 0 Å². The fourth-order valence-electron chi connectivity index (χ4n) is 3.52. The van der Waals surface area contributed by atoms with Crippen molar-refractivity contribution in [2.24, 2.45) is 5.92 Å². The van der Waals surface area contributed by atoms with Crippen molar-refractivity contribution >= 4 is 34.9 Å². The second kappa shape index (κ2) is 10.9. The maximum atomic E-state index is 13.7. The van der Waals surface area contributed by atoms with Gasteiger partial charge in [0, 0.05) is 42.8 Å². The highest BCUT2D eigenvalue weighted by atomic mass is 35.5. The lowest BCUT2D eigenvalue weighted by Gasteiger charge is -2.37. The van der Waals surface area contributed by atoms with E-state index in [4.69, 9.17) is 21.4 Å². The lowest BCUT2D eigenvalue weighted by Crippen LogP contribution is -2.49. The van der Waals surface area contributed by atoms with E-state index in [0.29, 0.717) is 12.3 Å². The average molecular weight is 516 g/mol. The molecule has 1 fully saturated rings. The zero-order chi connectivity index (χ0) is 25.8. The number of nitro benzene ring substituents is 1. The van der Waals surface area contributed by atoms with Crippen LogP contribution in [-0.2, 0) is 17.5 Å². The van der Waals surface area contributed by atoms with Crippen LogP contribution in [0.15, 0.2) is 36.4 Å². The molecule has 0 unspecified atom stereocenters. The summed E-state index contributed by atoms with van der Waals surface area (Å²) >= 11 is 5.55. The Hall–Kier alpha value is -3.38. The minimum Gasteiger partial charge on any atom is -0.487 e. The summed E-state index contributed by atoms with van der Waals surface area (Å²) < 4.78 is 46.3. The number of anilines is 1. The third-order valence-corrected chi connectivity index (χ3v) is 5.59. The summed E-state index contributed by atoms with van der Waals surface area (Å²) in [6.45, 7) is 0.339. The van der Waals surface area contributed by atoms with Gasteiger partial charge in [-0.2, -0.15) is 13.2 Å². The Morgan fingerprint density at radius 3 is 2.54 bits per heavy atom. The van der Waals surface area contributed by atoms with Gasteiger partial charge in [0.2, 0.25) is 0 Å². The molecule has 0 aromatic heterocycles. The Morgan fingerprint density at radius 2 is 1.94 bits per heavy atom. The van der Waals surface area contributed by atoms with Gasteiger partial charge in [0.05, 0.1) is 23.0 Å². The summed E-state index contributed by atoms with van der Waals surface area (Å²) in [5.74, 6) is -2.20. The molecule has 2 aromatic rings. The van der Waals surface area contributed by atoms with Crippen molar-refractivity contribution in [2.45, 2.75) is 19.1 Å². The van der Waals surface area contributed by atoms with Gasteiger partial charge in [-0.3, -0.25) is 24.6 Å². The summed E-state index contributed by atoms with van der Waals surface area (Å²) in [6, 6.07) is 6.76. The average Bonchev–Trinajstić information content (AvgIpc) is 2.75. The molecule has 188 valence electrons. The fraction of sp³-hybridized carbons (Fsp3) is 0.364. The first-order valence-electron chi connectivity index (χ1n) is 10.4. The standard InChI is InChI=1S/C22H21ClF3N3O6/c23-6-1-7-35-19-5-3-13(8-18(19)29(33)34)20(30)27-16-4-2-14(17(9-16)22(24,25)26)10-28-11-15(12-28)21(31)32/h2-5,8-9,15H,1,6-7,10-12H2,(H,27,30)(H,31,32). The molecule has 1 saturated heterocycles. The number of hydrogen-bond donors (Lipinski definition) is 2. The summed E-state index contributed by atoms with van der Waals surface area (Å²) in [7, 11) is 0. The Bertz CT molecular complexity index is 1120. The molecule has 2 N–H and O–H groups in total. The van der Waals surface area contributed by atoms with Crippen molar-refractivity contribution in [3.63, 3.8) is 0 Å². The van der Waals surface area contributed by atoms with Crippen LogP contribution in [0.4, 0.5) is 24.5 Å². The van der Waals surface area contributed by atoms with Gasteiger partial charge in [-0.05, 0) is 36.2 Å². The number of halogens is 4. The number of nitro groups is 1. The monoisotopic (exact) mass is 515 g/mol. The predicted octanol–water partition coefficient (Wildman–Crippen LogP) is 4.39. The zero-order valence-corrected chi connectivity index (χ0v) is 18.9. The van der Waals surface area contributed by atoms with E-state index in [9.17, 15) is 32.9 Å². The number of likely N-dealkylation sites (tertiary alicyclic amines) is 1. The van der Waals surface area contributed by atoms with Crippen LogP contribution >= 0.6 is 11.6 Å². The van der Waals surface area contributed by atoms with Gasteiger partial charge in [0.25, 0.3) is 5.91 Å². The number of carbonyl (C=O) groups excluding carboxylic acids is 1. The Kier molecular flexibility index (Phi) is 8.18. The van der Waals surface area contributed by atoms with Gasteiger partial charge < -0.3 is 15.2 Å². The predicted molar refractivity (Wildman–Crippen MR) is 120 cm³/mol. The number of ether oxygens (including phenoxy) is 1. The maximum Gasteiger partial charge on any atom is 0.416 e. The van der Waals surface area contributed by atoms with Crippen LogP contribution in [-0.4, -0.2) is 52.4 Å². The number of amides is 1. The fourth-order valence-corrected chi connectivity index (χ4v) is 3.62. The van der Waals surface area contributed by atoms with Gasteiger partial charge >= 0.3 is 17.8 Å². The number of nitrogens with zero attached hydrogens (tertiary/aromatic N) is 2. The zero-order valence-electron chi connectivity index (χ0n) is 18.2. The van der Waals surface area contributed by atoms with E-state index in [1.54, 1.807) is 4.90 Å². The molecule has 2 aromatic carbocycles. The summed E-state index contributed by atoms with van der Waals surface area (Å²) in [5, 5.41) is 22.6. The van der Waals surface area contributed by atoms with Gasteiger partial charge in [0.15, 0.2) is 5.75 Å². The van der Waals surface area contributed by atoms with Crippen molar-refractivity contribution in [2.75, 3.05) is 30.9 Å². The van der Waals surface area contributed by atoms with Crippen LogP contribution in [0.25, 0.3) is 0 Å². The SMILES string of the molecule is O=C(Nc1ccc(CN2CC(C(=O)O)C2)c(C(F)(F)F)c1)c1ccc(OCCCCl)c([N+](=O)[O-])c1. The molecule has 0 radical (unpaired) electrons.